The Morgan fingerprint density at radius 3 is 2.54 bits per heavy atom. The van der Waals surface area contributed by atoms with Gasteiger partial charge in [0.15, 0.2) is 5.52 Å². The van der Waals surface area contributed by atoms with Crippen molar-refractivity contribution in [3.05, 3.63) is 75.7 Å². The van der Waals surface area contributed by atoms with Crippen molar-refractivity contribution in [2.24, 2.45) is 0 Å². The van der Waals surface area contributed by atoms with Crippen LogP contribution in [-0.2, 0) is 12.1 Å². The molecule has 8 heteroatoms. The zero-order valence-corrected chi connectivity index (χ0v) is 22.8. The molecule has 1 aliphatic heterocycles. The molecular formula is C31H37N5O3. The third kappa shape index (κ3) is 4.99. The van der Waals surface area contributed by atoms with Crippen LogP contribution in [0.4, 0.5) is 0 Å². The molecule has 4 aromatic rings. The molecule has 0 amide bonds. The lowest BCUT2D eigenvalue weighted by Crippen LogP contribution is -2.42. The Bertz CT molecular complexity index is 1510. The van der Waals surface area contributed by atoms with E-state index in [2.05, 4.69) is 34.1 Å². The lowest BCUT2D eigenvalue weighted by Gasteiger charge is -2.38. The number of likely N-dealkylation sites (tertiary alicyclic amines) is 1. The first-order valence-electron chi connectivity index (χ1n) is 14.1. The standard InChI is InChI=1S/C31H37N5O3/c1-21-27-28(36(34-21)24-11-7-4-8-12-24)30(37)33-29(32-27)25-14-13-23(19-26(25)39-2)31(38)15-17-35(18-16-31)20-22-9-5-3-6-10-22/h3,5-6,9-10,13-14,19,24,38H,4,7-8,11-12,15-18,20H2,1-2H3,(H,32,33,37). The van der Waals surface area contributed by atoms with Gasteiger partial charge in [0.05, 0.1) is 30.0 Å². The van der Waals surface area contributed by atoms with E-state index >= 15 is 0 Å². The number of aliphatic hydroxyl groups is 1. The molecule has 8 nitrogen and oxygen atoms in total. The summed E-state index contributed by atoms with van der Waals surface area (Å²) in [6.07, 6.45) is 6.93. The number of rotatable bonds is 6. The van der Waals surface area contributed by atoms with E-state index in [-0.39, 0.29) is 11.6 Å². The number of aromatic amines is 1. The molecule has 0 bridgehead atoms. The van der Waals surface area contributed by atoms with E-state index in [4.69, 9.17) is 14.8 Å². The molecule has 39 heavy (non-hydrogen) atoms. The Morgan fingerprint density at radius 2 is 1.82 bits per heavy atom. The Morgan fingerprint density at radius 1 is 1.08 bits per heavy atom. The largest absolute Gasteiger partial charge is 0.496 e. The summed E-state index contributed by atoms with van der Waals surface area (Å²) < 4.78 is 7.66. The highest BCUT2D eigenvalue weighted by Gasteiger charge is 2.35. The van der Waals surface area contributed by atoms with Gasteiger partial charge in [-0.15, -0.1) is 0 Å². The Labute approximate surface area is 228 Å². The molecule has 2 aliphatic rings. The average molecular weight is 528 g/mol. The molecule has 0 radical (unpaired) electrons. The van der Waals surface area contributed by atoms with E-state index in [1.165, 1.54) is 12.0 Å². The summed E-state index contributed by atoms with van der Waals surface area (Å²) in [5.74, 6) is 1.03. The van der Waals surface area contributed by atoms with Gasteiger partial charge >= 0.3 is 0 Å². The number of aryl methyl sites for hydroxylation is 1. The minimum Gasteiger partial charge on any atom is -0.496 e. The predicted molar refractivity (Wildman–Crippen MR) is 152 cm³/mol. The fourth-order valence-corrected chi connectivity index (χ4v) is 6.30. The molecule has 0 spiro atoms. The molecule has 0 atom stereocenters. The summed E-state index contributed by atoms with van der Waals surface area (Å²) in [5, 5.41) is 16.3. The van der Waals surface area contributed by atoms with E-state index in [1.54, 1.807) is 7.11 Å². The molecule has 2 aromatic heterocycles. The predicted octanol–water partition coefficient (Wildman–Crippen LogP) is 5.09. The van der Waals surface area contributed by atoms with Crippen LogP contribution in [0.2, 0.25) is 0 Å². The number of piperidine rings is 1. The number of fused-ring (bicyclic) bond motifs is 1. The summed E-state index contributed by atoms with van der Waals surface area (Å²) in [6.45, 7) is 4.42. The second-order valence-corrected chi connectivity index (χ2v) is 11.1. The van der Waals surface area contributed by atoms with Gasteiger partial charge in [0.1, 0.15) is 17.1 Å². The van der Waals surface area contributed by atoms with Crippen molar-refractivity contribution in [3.8, 4) is 17.1 Å². The van der Waals surface area contributed by atoms with Gasteiger partial charge in [-0.2, -0.15) is 5.10 Å². The van der Waals surface area contributed by atoms with E-state index in [0.717, 1.165) is 56.6 Å². The van der Waals surface area contributed by atoms with Crippen molar-refractivity contribution in [2.75, 3.05) is 20.2 Å². The molecular weight excluding hydrogens is 490 g/mol. The maximum absolute atomic E-state index is 13.3. The number of hydrogen-bond acceptors (Lipinski definition) is 6. The van der Waals surface area contributed by atoms with Gasteiger partial charge in [0, 0.05) is 19.6 Å². The molecule has 1 saturated heterocycles. The van der Waals surface area contributed by atoms with Gasteiger partial charge < -0.3 is 14.8 Å². The summed E-state index contributed by atoms with van der Waals surface area (Å²) in [6, 6.07) is 16.4. The molecule has 2 fully saturated rings. The van der Waals surface area contributed by atoms with Crippen LogP contribution in [0.5, 0.6) is 5.75 Å². The van der Waals surface area contributed by atoms with E-state index in [1.807, 2.05) is 35.9 Å². The van der Waals surface area contributed by atoms with E-state index in [9.17, 15) is 9.90 Å². The fourth-order valence-electron chi connectivity index (χ4n) is 6.30. The summed E-state index contributed by atoms with van der Waals surface area (Å²) >= 11 is 0. The average Bonchev–Trinajstić information content (AvgIpc) is 3.31. The molecule has 2 N–H and O–H groups in total. The van der Waals surface area contributed by atoms with Crippen LogP contribution in [0.3, 0.4) is 0 Å². The second kappa shape index (κ2) is 10.6. The van der Waals surface area contributed by atoms with Crippen LogP contribution < -0.4 is 10.3 Å². The maximum atomic E-state index is 13.3. The van der Waals surface area contributed by atoms with Crippen molar-refractivity contribution in [1.29, 1.82) is 0 Å². The number of nitrogens with one attached hydrogen (secondary N) is 1. The van der Waals surface area contributed by atoms with Gasteiger partial charge in [-0.25, -0.2) is 4.98 Å². The third-order valence-corrected chi connectivity index (χ3v) is 8.57. The van der Waals surface area contributed by atoms with E-state index < -0.39 is 5.60 Å². The van der Waals surface area contributed by atoms with Crippen LogP contribution in [0.15, 0.2) is 53.3 Å². The normalized spacial score (nSPS) is 18.4. The number of hydrogen-bond donors (Lipinski definition) is 2. The highest BCUT2D eigenvalue weighted by atomic mass is 16.5. The highest BCUT2D eigenvalue weighted by Crippen LogP contribution is 2.38. The first-order chi connectivity index (χ1) is 18.9. The number of aromatic nitrogens is 4. The number of nitrogens with zero attached hydrogens (tertiary/aromatic N) is 4. The third-order valence-electron chi connectivity index (χ3n) is 8.57. The second-order valence-electron chi connectivity index (χ2n) is 11.1. The number of ether oxygens (including phenoxy) is 1. The molecule has 1 aliphatic carbocycles. The van der Waals surface area contributed by atoms with Crippen LogP contribution in [0, 0.1) is 6.92 Å². The van der Waals surface area contributed by atoms with Crippen molar-refractivity contribution in [3.63, 3.8) is 0 Å². The van der Waals surface area contributed by atoms with Gasteiger partial charge in [0.2, 0.25) is 0 Å². The molecule has 6 rings (SSSR count). The fraction of sp³-hybridized carbons (Fsp3) is 0.452. The summed E-state index contributed by atoms with van der Waals surface area (Å²) in [4.78, 5) is 23.6. The van der Waals surface area contributed by atoms with Gasteiger partial charge in [-0.3, -0.25) is 14.4 Å². The molecule has 3 heterocycles. The Hall–Kier alpha value is -3.49. The molecule has 204 valence electrons. The summed E-state index contributed by atoms with van der Waals surface area (Å²) in [7, 11) is 1.61. The smallest absolute Gasteiger partial charge is 0.277 e. The van der Waals surface area contributed by atoms with Crippen molar-refractivity contribution >= 4 is 11.0 Å². The summed E-state index contributed by atoms with van der Waals surface area (Å²) in [5.41, 5.74) is 3.63. The monoisotopic (exact) mass is 527 g/mol. The molecule has 0 unspecified atom stereocenters. The SMILES string of the molecule is COc1cc(C2(O)CCN(Cc3ccccc3)CC2)ccc1-c1nc2c(C)nn(C3CCCCC3)c2c(=O)[nH]1. The van der Waals surface area contributed by atoms with Crippen molar-refractivity contribution in [1.82, 2.24) is 24.6 Å². The Balaban J connectivity index is 1.26. The zero-order valence-electron chi connectivity index (χ0n) is 22.8. The lowest BCUT2D eigenvalue weighted by molar-refractivity contribution is -0.0278. The van der Waals surface area contributed by atoms with Gasteiger partial charge in [0.25, 0.3) is 5.56 Å². The molecule has 1 saturated carbocycles. The van der Waals surface area contributed by atoms with Crippen LogP contribution in [0.1, 0.15) is 67.8 Å². The lowest BCUT2D eigenvalue weighted by atomic mass is 9.83. The molecule has 2 aromatic carbocycles. The van der Waals surface area contributed by atoms with E-state index in [0.29, 0.717) is 41.0 Å². The zero-order chi connectivity index (χ0) is 27.0. The number of benzene rings is 2. The number of methoxy groups -OCH3 is 1. The quantitative estimate of drug-likeness (QED) is 0.363. The van der Waals surface area contributed by atoms with Crippen LogP contribution in [0.25, 0.3) is 22.4 Å². The first-order valence-corrected chi connectivity index (χ1v) is 14.1. The van der Waals surface area contributed by atoms with Crippen LogP contribution in [-0.4, -0.2) is 50.0 Å². The van der Waals surface area contributed by atoms with Gasteiger partial charge in [-0.1, -0.05) is 55.7 Å². The van der Waals surface area contributed by atoms with Crippen molar-refractivity contribution in [2.45, 2.75) is 70.1 Å². The highest BCUT2D eigenvalue weighted by molar-refractivity contribution is 5.79. The topological polar surface area (TPSA) is 96.3 Å². The minimum absolute atomic E-state index is 0.184. The van der Waals surface area contributed by atoms with Gasteiger partial charge in [-0.05, 0) is 55.9 Å². The van der Waals surface area contributed by atoms with Crippen LogP contribution >= 0.6 is 0 Å². The first kappa shape index (κ1) is 25.8. The maximum Gasteiger partial charge on any atom is 0.277 e. The Kier molecular flexibility index (Phi) is 6.99. The minimum atomic E-state index is -0.929. The number of H-pyrrole nitrogens is 1. The van der Waals surface area contributed by atoms with Crippen molar-refractivity contribution < 1.29 is 9.84 Å².